The highest BCUT2D eigenvalue weighted by Crippen LogP contribution is 2.28. The van der Waals surface area contributed by atoms with Crippen LogP contribution in [-0.4, -0.2) is 27.3 Å². The van der Waals surface area contributed by atoms with Gasteiger partial charge in [0.1, 0.15) is 6.33 Å². The summed E-state index contributed by atoms with van der Waals surface area (Å²) in [4.78, 5) is 25.3. The van der Waals surface area contributed by atoms with Crippen molar-refractivity contribution in [3.8, 4) is 11.3 Å². The van der Waals surface area contributed by atoms with E-state index in [2.05, 4.69) is 20.3 Å². The Labute approximate surface area is 202 Å². The van der Waals surface area contributed by atoms with Gasteiger partial charge in [0.2, 0.25) is 0 Å². The van der Waals surface area contributed by atoms with Crippen LogP contribution in [0.3, 0.4) is 0 Å². The number of hydrogen-bond donors (Lipinski definition) is 2. The van der Waals surface area contributed by atoms with Crippen molar-refractivity contribution in [1.29, 1.82) is 0 Å². The Morgan fingerprint density at radius 2 is 1.82 bits per heavy atom. The molecule has 168 valence electrons. The molecule has 2 N–H and O–H groups in total. The van der Waals surface area contributed by atoms with E-state index in [1.165, 1.54) is 11.9 Å². The van der Waals surface area contributed by atoms with Crippen LogP contribution in [0.15, 0.2) is 97.6 Å². The van der Waals surface area contributed by atoms with Crippen molar-refractivity contribution in [2.45, 2.75) is 12.5 Å². The second-order valence-electron chi connectivity index (χ2n) is 8.10. The molecule has 0 fully saturated rings. The van der Waals surface area contributed by atoms with E-state index < -0.39 is 6.04 Å². The van der Waals surface area contributed by atoms with E-state index in [0.29, 0.717) is 12.1 Å². The predicted molar refractivity (Wildman–Crippen MR) is 136 cm³/mol. The molecule has 0 unspecified atom stereocenters. The maximum absolute atomic E-state index is 13.7. The minimum absolute atomic E-state index is 0.0309. The first kappa shape index (κ1) is 22.0. The molecule has 0 aliphatic heterocycles. The molecule has 5 aromatic rings. The summed E-state index contributed by atoms with van der Waals surface area (Å²) in [5.41, 5.74) is 5.47. The first-order chi connectivity index (χ1) is 16.7. The number of nitrogens with one attached hydrogen (secondary N) is 2. The molecule has 6 heteroatoms. The van der Waals surface area contributed by atoms with Crippen molar-refractivity contribution >= 4 is 28.3 Å². The van der Waals surface area contributed by atoms with E-state index in [1.807, 2.05) is 78.9 Å². The molecule has 0 aliphatic rings. The van der Waals surface area contributed by atoms with Crippen LogP contribution in [0.25, 0.3) is 22.2 Å². The maximum atomic E-state index is 13.7. The zero-order valence-electron chi connectivity index (χ0n) is 18.4. The number of nitrogens with zero attached hydrogens (tertiary/aromatic N) is 2. The van der Waals surface area contributed by atoms with Crippen LogP contribution in [0.1, 0.15) is 27.5 Å². The van der Waals surface area contributed by atoms with Gasteiger partial charge >= 0.3 is 0 Å². The van der Waals surface area contributed by atoms with Crippen LogP contribution in [0, 0.1) is 0 Å². The Morgan fingerprint density at radius 1 is 1.00 bits per heavy atom. The molecule has 0 aliphatic carbocycles. The summed E-state index contributed by atoms with van der Waals surface area (Å²) in [6.45, 7) is 0.660. The Kier molecular flexibility index (Phi) is 6.47. The molecule has 34 heavy (non-hydrogen) atoms. The number of Topliss-reactive ketones (excluding diaryl/α,β-unsaturated/α-hetero) is 1. The minimum Gasteiger partial charge on any atom is -0.360 e. The number of benzene rings is 3. The highest BCUT2D eigenvalue weighted by molar-refractivity contribution is 6.30. The molecule has 5 rings (SSSR count). The predicted octanol–water partition coefficient (Wildman–Crippen LogP) is 6.03. The van der Waals surface area contributed by atoms with E-state index in [0.717, 1.165) is 39.2 Å². The number of halogens is 1. The van der Waals surface area contributed by atoms with E-state index >= 15 is 0 Å². The first-order valence-electron chi connectivity index (χ1n) is 11.1. The highest BCUT2D eigenvalue weighted by atomic mass is 35.5. The van der Waals surface area contributed by atoms with E-state index in [4.69, 9.17) is 11.6 Å². The van der Waals surface area contributed by atoms with Crippen LogP contribution in [0.2, 0.25) is 5.02 Å². The van der Waals surface area contributed by atoms with Gasteiger partial charge in [-0.25, -0.2) is 9.97 Å². The van der Waals surface area contributed by atoms with Gasteiger partial charge in [-0.2, -0.15) is 0 Å². The van der Waals surface area contributed by atoms with Crippen LogP contribution in [-0.2, 0) is 6.42 Å². The summed E-state index contributed by atoms with van der Waals surface area (Å²) >= 11 is 6.00. The van der Waals surface area contributed by atoms with Gasteiger partial charge in [-0.1, -0.05) is 66.2 Å². The number of rotatable bonds is 8. The van der Waals surface area contributed by atoms with Crippen LogP contribution < -0.4 is 5.32 Å². The van der Waals surface area contributed by atoms with Gasteiger partial charge in [0, 0.05) is 46.0 Å². The number of hydrogen-bond acceptors (Lipinski definition) is 4. The molecule has 5 nitrogen and oxygen atoms in total. The summed E-state index contributed by atoms with van der Waals surface area (Å²) < 4.78 is 0. The molecule has 0 saturated carbocycles. The second kappa shape index (κ2) is 10.00. The number of carbonyl (C=O) groups is 1. The van der Waals surface area contributed by atoms with Gasteiger partial charge < -0.3 is 10.3 Å². The molecular weight excluding hydrogens is 444 g/mol. The average molecular weight is 467 g/mol. The van der Waals surface area contributed by atoms with Crippen LogP contribution in [0.4, 0.5) is 0 Å². The van der Waals surface area contributed by atoms with Crippen molar-refractivity contribution in [2.24, 2.45) is 0 Å². The fourth-order valence-corrected chi connectivity index (χ4v) is 4.25. The second-order valence-corrected chi connectivity index (χ2v) is 8.53. The molecule has 3 aromatic carbocycles. The molecule has 2 heterocycles. The summed E-state index contributed by atoms with van der Waals surface area (Å²) in [6.07, 6.45) is 5.84. The third-order valence-electron chi connectivity index (χ3n) is 5.90. The normalized spacial score (nSPS) is 12.0. The van der Waals surface area contributed by atoms with Crippen molar-refractivity contribution in [3.05, 3.63) is 119 Å². The molecular formula is C28H23ClN4O. The Morgan fingerprint density at radius 3 is 2.59 bits per heavy atom. The number of fused-ring (bicyclic) bond motifs is 1. The van der Waals surface area contributed by atoms with Crippen molar-refractivity contribution in [1.82, 2.24) is 20.3 Å². The maximum Gasteiger partial charge on any atom is 0.186 e. The minimum atomic E-state index is -0.450. The fourth-order valence-electron chi connectivity index (χ4n) is 4.13. The number of aromatic amines is 1. The van der Waals surface area contributed by atoms with Gasteiger partial charge in [0.05, 0.1) is 11.7 Å². The quantitative estimate of drug-likeness (QED) is 0.274. The SMILES string of the molecule is O=C(c1c[nH]c2cc(-c3ccncn3)ccc12)[C@@H](NCCc1ccc(Cl)cc1)c1ccccc1. The largest absolute Gasteiger partial charge is 0.360 e. The third-order valence-corrected chi connectivity index (χ3v) is 6.15. The number of aromatic nitrogens is 3. The lowest BCUT2D eigenvalue weighted by atomic mass is 9.96. The Hall–Kier alpha value is -3.80. The summed E-state index contributed by atoms with van der Waals surface area (Å²) in [7, 11) is 0. The van der Waals surface area contributed by atoms with E-state index in [-0.39, 0.29) is 5.78 Å². The van der Waals surface area contributed by atoms with E-state index in [9.17, 15) is 4.79 Å². The van der Waals surface area contributed by atoms with Crippen molar-refractivity contribution < 1.29 is 4.79 Å². The lowest BCUT2D eigenvalue weighted by molar-refractivity contribution is 0.0945. The zero-order chi connectivity index (χ0) is 23.3. The highest BCUT2D eigenvalue weighted by Gasteiger charge is 2.24. The molecule has 0 amide bonds. The monoisotopic (exact) mass is 466 g/mol. The number of carbonyl (C=O) groups excluding carboxylic acids is 1. The standard InChI is InChI=1S/C28H23ClN4O/c29-22-9-6-19(7-10-22)12-15-31-27(20-4-2-1-3-5-20)28(34)24-17-32-26-16-21(8-11-23(24)26)25-13-14-30-18-33-25/h1-11,13-14,16-18,27,31-32H,12,15H2/t27-/m0/s1. The van der Waals surface area contributed by atoms with Gasteiger partial charge in [0.25, 0.3) is 0 Å². The molecule has 0 spiro atoms. The number of ketones is 1. The number of H-pyrrole nitrogens is 1. The summed E-state index contributed by atoms with van der Waals surface area (Å²) in [5, 5.41) is 5.09. The molecule has 2 aromatic heterocycles. The van der Waals surface area contributed by atoms with Gasteiger partial charge in [0.15, 0.2) is 5.78 Å². The van der Waals surface area contributed by atoms with E-state index in [1.54, 1.807) is 12.4 Å². The molecule has 0 saturated heterocycles. The topological polar surface area (TPSA) is 70.7 Å². The van der Waals surface area contributed by atoms with Crippen molar-refractivity contribution in [2.75, 3.05) is 6.54 Å². The van der Waals surface area contributed by atoms with Crippen molar-refractivity contribution in [3.63, 3.8) is 0 Å². The fraction of sp³-hybridized carbons (Fsp3) is 0.107. The molecule has 0 bridgehead atoms. The molecule has 1 atom stereocenters. The van der Waals surface area contributed by atoms with Gasteiger partial charge in [-0.15, -0.1) is 0 Å². The smallest absolute Gasteiger partial charge is 0.186 e. The Balaban J connectivity index is 1.40. The van der Waals surface area contributed by atoms with Gasteiger partial charge in [-0.05, 0) is 41.8 Å². The van der Waals surface area contributed by atoms with Gasteiger partial charge in [-0.3, -0.25) is 4.79 Å². The average Bonchev–Trinajstić information content (AvgIpc) is 3.32. The van der Waals surface area contributed by atoms with Crippen LogP contribution in [0.5, 0.6) is 0 Å². The van der Waals surface area contributed by atoms with Crippen LogP contribution >= 0.6 is 11.6 Å². The summed E-state index contributed by atoms with van der Waals surface area (Å²) in [6, 6.07) is 25.0. The lowest BCUT2D eigenvalue weighted by Crippen LogP contribution is -2.30. The third kappa shape index (κ3) is 4.76. The first-order valence-corrected chi connectivity index (χ1v) is 11.5. The summed E-state index contributed by atoms with van der Waals surface area (Å²) in [5.74, 6) is 0.0309. The lowest BCUT2D eigenvalue weighted by Gasteiger charge is -2.18. The molecule has 0 radical (unpaired) electrons. The Bertz CT molecular complexity index is 1400. The zero-order valence-corrected chi connectivity index (χ0v) is 19.2.